The second-order valence-corrected chi connectivity index (χ2v) is 9.65. The van der Waals surface area contributed by atoms with Crippen molar-refractivity contribution in [2.45, 2.75) is 64.3 Å². The summed E-state index contributed by atoms with van der Waals surface area (Å²) >= 11 is 0. The van der Waals surface area contributed by atoms with Gasteiger partial charge in [0.1, 0.15) is 12.4 Å². The van der Waals surface area contributed by atoms with Crippen LogP contribution in [0, 0.1) is 12.8 Å². The number of benzene rings is 2. The van der Waals surface area contributed by atoms with Crippen LogP contribution in [0.1, 0.15) is 65.8 Å². The molecule has 34 heavy (non-hydrogen) atoms. The van der Waals surface area contributed by atoms with E-state index in [1.54, 1.807) is 19.2 Å². The van der Waals surface area contributed by atoms with E-state index >= 15 is 0 Å². The number of aryl methyl sites for hydroxylation is 1. The topological polar surface area (TPSA) is 41.6 Å². The molecule has 0 bridgehead atoms. The molecule has 2 fully saturated rings. The number of carbonyl (C=O) groups is 1. The molecule has 184 valence electrons. The normalized spacial score (nSPS) is 17.9. The minimum absolute atomic E-state index is 0.00632. The van der Waals surface area contributed by atoms with Crippen molar-refractivity contribution in [1.29, 1.82) is 0 Å². The Morgan fingerprint density at radius 1 is 1.06 bits per heavy atom. The first-order valence-corrected chi connectivity index (χ1v) is 12.1. The van der Waals surface area contributed by atoms with Crippen LogP contribution in [0.5, 0.6) is 5.75 Å². The Balaban J connectivity index is 1.38. The number of alkyl halides is 3. The molecule has 4 nitrogen and oxygen atoms in total. The van der Waals surface area contributed by atoms with E-state index in [1.165, 1.54) is 6.07 Å². The smallest absolute Gasteiger partial charge is 0.416 e. The number of nitrogens with one attached hydrogen (secondary N) is 1. The fourth-order valence-electron chi connectivity index (χ4n) is 5.17. The van der Waals surface area contributed by atoms with Gasteiger partial charge in [-0.15, -0.1) is 0 Å². The minimum atomic E-state index is -4.37. The van der Waals surface area contributed by atoms with Crippen LogP contribution < -0.4 is 10.1 Å². The molecular weight excluding hydrogens is 441 g/mol. The molecule has 2 aliphatic rings. The largest absolute Gasteiger partial charge is 0.489 e. The predicted molar refractivity (Wildman–Crippen MR) is 126 cm³/mol. The first kappa shape index (κ1) is 24.6. The molecule has 0 unspecified atom stereocenters. The van der Waals surface area contributed by atoms with Gasteiger partial charge in [0.2, 0.25) is 5.91 Å². The predicted octanol–water partition coefficient (Wildman–Crippen LogP) is 5.82. The quantitative estimate of drug-likeness (QED) is 0.550. The van der Waals surface area contributed by atoms with Gasteiger partial charge in [-0.05, 0) is 60.1 Å². The Labute approximate surface area is 199 Å². The molecule has 1 saturated carbocycles. The van der Waals surface area contributed by atoms with Crippen molar-refractivity contribution in [2.24, 2.45) is 5.92 Å². The molecule has 1 amide bonds. The second kappa shape index (κ2) is 10.4. The Morgan fingerprint density at radius 2 is 1.76 bits per heavy atom. The molecule has 0 radical (unpaired) electrons. The van der Waals surface area contributed by atoms with Crippen LogP contribution in [0.25, 0.3) is 0 Å². The third-order valence-electron chi connectivity index (χ3n) is 7.08. The molecule has 1 aliphatic heterocycles. The van der Waals surface area contributed by atoms with Crippen molar-refractivity contribution in [2.75, 3.05) is 20.1 Å². The van der Waals surface area contributed by atoms with E-state index in [0.717, 1.165) is 62.9 Å². The van der Waals surface area contributed by atoms with Gasteiger partial charge < -0.3 is 10.1 Å². The zero-order chi connectivity index (χ0) is 24.3. The number of rotatable bonds is 7. The summed E-state index contributed by atoms with van der Waals surface area (Å²) in [5.74, 6) is 0.796. The van der Waals surface area contributed by atoms with Crippen LogP contribution in [0.4, 0.5) is 13.2 Å². The Bertz CT molecular complexity index is 1010. The van der Waals surface area contributed by atoms with Crippen LogP contribution in [-0.4, -0.2) is 30.9 Å². The Kier molecular flexibility index (Phi) is 7.51. The Hall–Kier alpha value is -2.54. The van der Waals surface area contributed by atoms with Crippen LogP contribution >= 0.6 is 0 Å². The number of amides is 1. The van der Waals surface area contributed by atoms with E-state index in [4.69, 9.17) is 4.74 Å². The first-order chi connectivity index (χ1) is 16.2. The highest BCUT2D eigenvalue weighted by molar-refractivity contribution is 5.79. The van der Waals surface area contributed by atoms with E-state index in [-0.39, 0.29) is 24.3 Å². The molecule has 4 rings (SSSR count). The summed E-state index contributed by atoms with van der Waals surface area (Å²) in [4.78, 5) is 13.8. The van der Waals surface area contributed by atoms with Gasteiger partial charge in [-0.25, -0.2) is 0 Å². The van der Waals surface area contributed by atoms with Crippen molar-refractivity contribution in [3.63, 3.8) is 0 Å². The summed E-state index contributed by atoms with van der Waals surface area (Å²) in [6, 6.07) is 10.6. The van der Waals surface area contributed by atoms with Gasteiger partial charge in [0.05, 0.1) is 11.5 Å². The number of halogens is 3. The summed E-state index contributed by atoms with van der Waals surface area (Å²) in [7, 11) is 1.65. The Morgan fingerprint density at radius 3 is 2.41 bits per heavy atom. The highest BCUT2D eigenvalue weighted by Gasteiger charge is 2.36. The minimum Gasteiger partial charge on any atom is -0.489 e. The number of nitrogens with zero attached hydrogens (tertiary/aromatic N) is 1. The SMILES string of the molecule is CNC(=O)C1CN(Cc2ccc(OCc3ccc(C4CCCCC4)c(C(F)(F)F)c3)c(C)c2)C1. The third-order valence-corrected chi connectivity index (χ3v) is 7.08. The number of likely N-dealkylation sites (tertiary alicyclic amines) is 1. The highest BCUT2D eigenvalue weighted by atomic mass is 19.4. The third kappa shape index (κ3) is 5.74. The van der Waals surface area contributed by atoms with Gasteiger partial charge in [0.15, 0.2) is 0 Å². The number of carbonyl (C=O) groups excluding carboxylic acids is 1. The average Bonchev–Trinajstić information content (AvgIpc) is 2.80. The van der Waals surface area contributed by atoms with Crippen molar-refractivity contribution in [3.8, 4) is 5.75 Å². The summed E-state index contributed by atoms with van der Waals surface area (Å²) < 4.78 is 47.4. The number of ether oxygens (including phenoxy) is 1. The van der Waals surface area contributed by atoms with Gasteiger partial charge in [-0.3, -0.25) is 9.69 Å². The molecule has 1 heterocycles. The lowest BCUT2D eigenvalue weighted by atomic mass is 9.81. The lowest BCUT2D eigenvalue weighted by Crippen LogP contribution is -2.52. The van der Waals surface area contributed by atoms with Crippen LogP contribution in [-0.2, 0) is 24.1 Å². The van der Waals surface area contributed by atoms with E-state index in [0.29, 0.717) is 16.9 Å². The van der Waals surface area contributed by atoms with Crippen molar-refractivity contribution >= 4 is 5.91 Å². The molecule has 7 heteroatoms. The maximum Gasteiger partial charge on any atom is 0.416 e. The molecule has 1 saturated heterocycles. The summed E-state index contributed by atoms with van der Waals surface area (Å²) in [6.45, 7) is 4.28. The molecule has 1 aliphatic carbocycles. The van der Waals surface area contributed by atoms with Crippen molar-refractivity contribution < 1.29 is 22.7 Å². The van der Waals surface area contributed by atoms with Gasteiger partial charge in [0, 0.05) is 26.7 Å². The fourth-order valence-corrected chi connectivity index (χ4v) is 5.17. The van der Waals surface area contributed by atoms with Gasteiger partial charge in [0.25, 0.3) is 0 Å². The van der Waals surface area contributed by atoms with Crippen molar-refractivity contribution in [3.05, 3.63) is 64.2 Å². The zero-order valence-electron chi connectivity index (χ0n) is 19.9. The monoisotopic (exact) mass is 474 g/mol. The standard InChI is InChI=1S/C27H33F3N2O2/c1-18-12-19(14-32-15-22(16-32)26(33)31-2)9-11-25(18)34-17-20-8-10-23(21-6-4-3-5-7-21)24(13-20)27(28,29)30/h8-13,21-22H,3-7,14-17H2,1-2H3,(H,31,33). The van der Waals surface area contributed by atoms with E-state index in [9.17, 15) is 18.0 Å². The molecule has 2 aromatic carbocycles. The molecular formula is C27H33F3N2O2. The maximum absolute atomic E-state index is 13.8. The van der Waals surface area contributed by atoms with E-state index < -0.39 is 11.7 Å². The molecule has 2 aromatic rings. The molecule has 0 aromatic heterocycles. The molecule has 1 N–H and O–H groups in total. The van der Waals surface area contributed by atoms with Gasteiger partial charge >= 0.3 is 6.18 Å². The summed E-state index contributed by atoms with van der Waals surface area (Å²) in [5, 5.41) is 2.68. The lowest BCUT2D eigenvalue weighted by Gasteiger charge is -2.38. The lowest BCUT2D eigenvalue weighted by molar-refractivity contribution is -0.138. The van der Waals surface area contributed by atoms with Crippen LogP contribution in [0.3, 0.4) is 0 Å². The summed E-state index contributed by atoms with van der Waals surface area (Å²) in [6.07, 6.45) is 0.385. The van der Waals surface area contributed by atoms with E-state index in [1.807, 2.05) is 25.1 Å². The molecule has 0 atom stereocenters. The zero-order valence-corrected chi connectivity index (χ0v) is 19.9. The summed E-state index contributed by atoms with van der Waals surface area (Å²) in [5.41, 5.74) is 2.50. The van der Waals surface area contributed by atoms with Crippen LogP contribution in [0.15, 0.2) is 36.4 Å². The molecule has 0 spiro atoms. The number of hydrogen-bond acceptors (Lipinski definition) is 3. The van der Waals surface area contributed by atoms with Crippen LogP contribution in [0.2, 0.25) is 0 Å². The fraction of sp³-hybridized carbons (Fsp3) is 0.519. The highest BCUT2D eigenvalue weighted by Crippen LogP contribution is 2.41. The van der Waals surface area contributed by atoms with Gasteiger partial charge in [-0.2, -0.15) is 13.2 Å². The van der Waals surface area contributed by atoms with Gasteiger partial charge in [-0.1, -0.05) is 43.5 Å². The van der Waals surface area contributed by atoms with E-state index in [2.05, 4.69) is 10.2 Å². The maximum atomic E-state index is 13.8. The first-order valence-electron chi connectivity index (χ1n) is 12.1. The average molecular weight is 475 g/mol. The van der Waals surface area contributed by atoms with Crippen molar-refractivity contribution in [1.82, 2.24) is 10.2 Å². The number of hydrogen-bond donors (Lipinski definition) is 1. The second-order valence-electron chi connectivity index (χ2n) is 9.65.